The number of benzene rings is 4. The molecule has 0 atom stereocenters. The standard InChI is InChI=1S/C26H15BrN2O2/c27-16-10-12-18(13-11-16)29-25(30)21-15-14-20-19-8-4-5-9-22(19)28(17-6-2-1-3-7-17)24(20)23(21)26(29)31/h1-15H. The third kappa shape index (κ3) is 2.53. The second kappa shape index (κ2) is 6.65. The Morgan fingerprint density at radius 1 is 0.613 bits per heavy atom. The van der Waals surface area contributed by atoms with E-state index in [-0.39, 0.29) is 11.8 Å². The van der Waals surface area contributed by atoms with E-state index >= 15 is 0 Å². The highest BCUT2D eigenvalue weighted by Crippen LogP contribution is 2.39. The molecule has 1 aliphatic rings. The monoisotopic (exact) mass is 466 g/mol. The van der Waals surface area contributed by atoms with Gasteiger partial charge in [0.15, 0.2) is 0 Å². The Morgan fingerprint density at radius 2 is 1.32 bits per heavy atom. The van der Waals surface area contributed by atoms with E-state index in [1.54, 1.807) is 18.2 Å². The lowest BCUT2D eigenvalue weighted by Crippen LogP contribution is -2.29. The number of amides is 2. The first-order valence-corrected chi connectivity index (χ1v) is 10.7. The Bertz CT molecular complexity index is 1520. The minimum absolute atomic E-state index is 0.297. The summed E-state index contributed by atoms with van der Waals surface area (Å²) < 4.78 is 2.97. The van der Waals surface area contributed by atoms with Gasteiger partial charge in [-0.05, 0) is 48.5 Å². The van der Waals surface area contributed by atoms with Gasteiger partial charge in [-0.25, -0.2) is 4.90 Å². The van der Waals surface area contributed by atoms with Gasteiger partial charge in [0, 0.05) is 20.9 Å². The minimum Gasteiger partial charge on any atom is -0.308 e. The molecule has 0 fully saturated rings. The third-order valence-electron chi connectivity index (χ3n) is 5.79. The summed E-state index contributed by atoms with van der Waals surface area (Å²) in [7, 11) is 0. The quantitative estimate of drug-likeness (QED) is 0.284. The summed E-state index contributed by atoms with van der Waals surface area (Å²) in [4.78, 5) is 28.2. The largest absolute Gasteiger partial charge is 0.308 e. The minimum atomic E-state index is -0.298. The first-order chi connectivity index (χ1) is 15.1. The van der Waals surface area contributed by atoms with Crippen LogP contribution in [0.15, 0.2) is 95.5 Å². The molecule has 0 spiro atoms. The number of hydrogen-bond acceptors (Lipinski definition) is 2. The van der Waals surface area contributed by atoms with Gasteiger partial charge in [-0.1, -0.05) is 58.4 Å². The fourth-order valence-electron chi connectivity index (χ4n) is 4.45. The predicted molar refractivity (Wildman–Crippen MR) is 126 cm³/mol. The fraction of sp³-hybridized carbons (Fsp3) is 0. The molecule has 5 heteroatoms. The SMILES string of the molecule is O=C1c2ccc3c4ccccc4n(-c4ccccc4)c3c2C(=O)N1c1ccc(Br)cc1. The van der Waals surface area contributed by atoms with Gasteiger partial charge in [0.2, 0.25) is 0 Å². The number of carbonyl (C=O) groups excluding carboxylic acids is 2. The summed E-state index contributed by atoms with van der Waals surface area (Å²) in [6.07, 6.45) is 0. The highest BCUT2D eigenvalue weighted by molar-refractivity contribution is 9.10. The Balaban J connectivity index is 1.70. The van der Waals surface area contributed by atoms with Crippen LogP contribution in [0.2, 0.25) is 0 Å². The number of halogens is 1. The van der Waals surface area contributed by atoms with E-state index in [2.05, 4.69) is 26.6 Å². The Hall–Kier alpha value is -3.70. The lowest BCUT2D eigenvalue weighted by atomic mass is 10.0. The number of anilines is 1. The molecule has 4 nitrogen and oxygen atoms in total. The first kappa shape index (κ1) is 18.1. The lowest BCUT2D eigenvalue weighted by Gasteiger charge is -2.14. The van der Waals surface area contributed by atoms with Crippen LogP contribution in [-0.2, 0) is 0 Å². The van der Waals surface area contributed by atoms with E-state index in [0.29, 0.717) is 16.8 Å². The molecule has 2 heterocycles. The number of aromatic nitrogens is 1. The van der Waals surface area contributed by atoms with E-state index in [0.717, 1.165) is 32.0 Å². The van der Waals surface area contributed by atoms with Crippen molar-refractivity contribution in [3.8, 4) is 5.69 Å². The maximum absolute atomic E-state index is 13.6. The van der Waals surface area contributed by atoms with E-state index in [1.165, 1.54) is 4.90 Å². The molecule has 1 aromatic heterocycles. The van der Waals surface area contributed by atoms with Gasteiger partial charge in [0.1, 0.15) is 0 Å². The predicted octanol–water partition coefficient (Wildman–Crippen LogP) is 6.35. The number of imide groups is 1. The molecular weight excluding hydrogens is 452 g/mol. The Labute approximate surface area is 186 Å². The molecule has 0 N–H and O–H groups in total. The number of carbonyl (C=O) groups is 2. The van der Waals surface area contributed by atoms with Crippen LogP contribution >= 0.6 is 15.9 Å². The zero-order chi connectivity index (χ0) is 21.1. The molecule has 4 aromatic carbocycles. The summed E-state index contributed by atoms with van der Waals surface area (Å²) in [5.41, 5.74) is 4.16. The van der Waals surface area contributed by atoms with Crippen molar-refractivity contribution in [2.45, 2.75) is 0 Å². The smallest absolute Gasteiger partial charge is 0.268 e. The average Bonchev–Trinajstić information content (AvgIpc) is 3.27. The number of rotatable bonds is 2. The highest BCUT2D eigenvalue weighted by Gasteiger charge is 2.39. The topological polar surface area (TPSA) is 42.3 Å². The van der Waals surface area contributed by atoms with Crippen LogP contribution in [0.3, 0.4) is 0 Å². The van der Waals surface area contributed by atoms with Crippen molar-refractivity contribution in [2.75, 3.05) is 4.90 Å². The molecule has 31 heavy (non-hydrogen) atoms. The number of nitrogens with zero attached hydrogens (tertiary/aromatic N) is 2. The second-order valence-electron chi connectivity index (χ2n) is 7.49. The molecule has 0 saturated heterocycles. The van der Waals surface area contributed by atoms with Crippen LogP contribution in [0.25, 0.3) is 27.5 Å². The molecule has 148 valence electrons. The summed E-state index contributed by atoms with van der Waals surface area (Å²) in [6, 6.07) is 28.9. The molecule has 0 unspecified atom stereocenters. The molecule has 1 aliphatic heterocycles. The molecule has 0 aliphatic carbocycles. The number of para-hydroxylation sites is 2. The van der Waals surface area contributed by atoms with Gasteiger partial charge < -0.3 is 4.57 Å². The summed E-state index contributed by atoms with van der Waals surface area (Å²) in [5, 5.41) is 2.00. The van der Waals surface area contributed by atoms with Crippen LogP contribution in [0.5, 0.6) is 0 Å². The van der Waals surface area contributed by atoms with Crippen molar-refractivity contribution in [3.63, 3.8) is 0 Å². The van der Waals surface area contributed by atoms with Gasteiger partial charge in [0.05, 0.1) is 27.8 Å². The first-order valence-electron chi connectivity index (χ1n) is 9.91. The lowest BCUT2D eigenvalue weighted by molar-refractivity contribution is 0.0926. The van der Waals surface area contributed by atoms with E-state index in [1.807, 2.05) is 66.7 Å². The molecule has 5 aromatic rings. The van der Waals surface area contributed by atoms with Gasteiger partial charge in [0.25, 0.3) is 11.8 Å². The van der Waals surface area contributed by atoms with Gasteiger partial charge >= 0.3 is 0 Å². The van der Waals surface area contributed by atoms with Gasteiger partial charge in [-0.15, -0.1) is 0 Å². The van der Waals surface area contributed by atoms with E-state index < -0.39 is 0 Å². The van der Waals surface area contributed by atoms with Gasteiger partial charge in [-0.2, -0.15) is 0 Å². The van der Waals surface area contributed by atoms with Crippen molar-refractivity contribution >= 4 is 55.2 Å². The van der Waals surface area contributed by atoms with Crippen LogP contribution in [0, 0.1) is 0 Å². The number of hydrogen-bond donors (Lipinski definition) is 0. The van der Waals surface area contributed by atoms with Crippen LogP contribution < -0.4 is 4.90 Å². The second-order valence-corrected chi connectivity index (χ2v) is 8.41. The normalized spacial score (nSPS) is 13.4. The average molecular weight is 467 g/mol. The van der Waals surface area contributed by atoms with Crippen molar-refractivity contribution in [1.29, 1.82) is 0 Å². The maximum atomic E-state index is 13.6. The summed E-state index contributed by atoms with van der Waals surface area (Å²) in [5.74, 6) is -0.595. The molecular formula is C26H15BrN2O2. The van der Waals surface area contributed by atoms with E-state index in [9.17, 15) is 9.59 Å². The fourth-order valence-corrected chi connectivity index (χ4v) is 4.71. The summed E-state index contributed by atoms with van der Waals surface area (Å²) >= 11 is 3.41. The molecule has 0 saturated carbocycles. The molecule has 2 amide bonds. The van der Waals surface area contributed by atoms with Crippen LogP contribution in [-0.4, -0.2) is 16.4 Å². The van der Waals surface area contributed by atoms with Crippen LogP contribution in [0.4, 0.5) is 5.69 Å². The molecule has 0 radical (unpaired) electrons. The van der Waals surface area contributed by atoms with Gasteiger partial charge in [-0.3, -0.25) is 9.59 Å². The van der Waals surface area contributed by atoms with Crippen molar-refractivity contribution < 1.29 is 9.59 Å². The van der Waals surface area contributed by atoms with E-state index in [4.69, 9.17) is 0 Å². The third-order valence-corrected chi connectivity index (χ3v) is 6.31. The Morgan fingerprint density at radius 3 is 2.10 bits per heavy atom. The van der Waals surface area contributed by atoms with Crippen molar-refractivity contribution in [2.24, 2.45) is 0 Å². The number of fused-ring (bicyclic) bond motifs is 5. The van der Waals surface area contributed by atoms with Crippen molar-refractivity contribution in [3.05, 3.63) is 107 Å². The van der Waals surface area contributed by atoms with Crippen LogP contribution in [0.1, 0.15) is 20.7 Å². The zero-order valence-corrected chi connectivity index (χ0v) is 17.8. The molecule has 6 rings (SSSR count). The summed E-state index contributed by atoms with van der Waals surface area (Å²) in [6.45, 7) is 0. The zero-order valence-electron chi connectivity index (χ0n) is 16.2. The molecule has 0 bridgehead atoms. The Kier molecular flexibility index (Phi) is 3.88. The van der Waals surface area contributed by atoms with Crippen molar-refractivity contribution in [1.82, 2.24) is 4.57 Å². The maximum Gasteiger partial charge on any atom is 0.268 e. The highest BCUT2D eigenvalue weighted by atomic mass is 79.9.